The van der Waals surface area contributed by atoms with Crippen LogP contribution in [-0.4, -0.2) is 17.6 Å². The van der Waals surface area contributed by atoms with Crippen molar-refractivity contribution in [2.45, 2.75) is 38.0 Å². The van der Waals surface area contributed by atoms with Crippen molar-refractivity contribution in [1.82, 2.24) is 4.98 Å². The van der Waals surface area contributed by atoms with E-state index in [2.05, 4.69) is 16.4 Å². The molecular formula is C20H19N3O2. The highest BCUT2D eigenvalue weighted by Crippen LogP contribution is 2.56. The van der Waals surface area contributed by atoms with E-state index in [1.807, 2.05) is 25.1 Å². The monoisotopic (exact) mass is 333 g/mol. The van der Waals surface area contributed by atoms with E-state index >= 15 is 0 Å². The Balaban J connectivity index is 1.75. The predicted molar refractivity (Wildman–Crippen MR) is 94.0 cm³/mol. The van der Waals surface area contributed by atoms with Gasteiger partial charge in [0.2, 0.25) is 0 Å². The van der Waals surface area contributed by atoms with E-state index in [0.717, 1.165) is 36.2 Å². The van der Waals surface area contributed by atoms with Crippen LogP contribution in [0.1, 0.15) is 65.2 Å². The Morgan fingerprint density at radius 3 is 2.92 bits per heavy atom. The second-order valence-corrected chi connectivity index (χ2v) is 6.59. The quantitative estimate of drug-likeness (QED) is 0.847. The maximum absolute atomic E-state index is 12.3. The summed E-state index contributed by atoms with van der Waals surface area (Å²) < 4.78 is 5.19. The van der Waals surface area contributed by atoms with Crippen LogP contribution < -0.4 is 5.32 Å². The highest BCUT2D eigenvalue weighted by molar-refractivity contribution is 5.91. The van der Waals surface area contributed by atoms with Crippen LogP contribution >= 0.6 is 0 Å². The Bertz CT molecular complexity index is 885. The molecule has 2 aliphatic rings. The lowest BCUT2D eigenvalue weighted by molar-refractivity contribution is 0.0517. The molecule has 5 nitrogen and oxygen atoms in total. The van der Waals surface area contributed by atoms with Gasteiger partial charge >= 0.3 is 5.97 Å². The summed E-state index contributed by atoms with van der Waals surface area (Å²) in [5.74, 6) is 0.543. The molecular weight excluding hydrogens is 314 g/mol. The van der Waals surface area contributed by atoms with E-state index in [1.165, 1.54) is 5.56 Å². The molecule has 126 valence electrons. The number of carbonyl (C=O) groups excluding carboxylic acids is 1. The minimum Gasteiger partial charge on any atom is -0.461 e. The first kappa shape index (κ1) is 15.6. The first-order valence-corrected chi connectivity index (χ1v) is 8.68. The molecule has 0 saturated heterocycles. The molecule has 1 heterocycles. The molecule has 2 aromatic rings. The van der Waals surface area contributed by atoms with Crippen LogP contribution in [0.15, 0.2) is 30.5 Å². The molecule has 0 radical (unpaired) electrons. The van der Waals surface area contributed by atoms with E-state index in [0.29, 0.717) is 29.7 Å². The average Bonchev–Trinajstić information content (AvgIpc) is 3.25. The van der Waals surface area contributed by atoms with Crippen LogP contribution in [0.5, 0.6) is 0 Å². The van der Waals surface area contributed by atoms with Crippen molar-refractivity contribution in [3.63, 3.8) is 0 Å². The van der Waals surface area contributed by atoms with E-state index in [9.17, 15) is 4.79 Å². The summed E-state index contributed by atoms with van der Waals surface area (Å²) in [4.78, 5) is 16.7. The van der Waals surface area contributed by atoms with Gasteiger partial charge in [-0.15, -0.1) is 0 Å². The van der Waals surface area contributed by atoms with Gasteiger partial charge in [-0.1, -0.05) is 6.07 Å². The highest BCUT2D eigenvalue weighted by Gasteiger charge is 2.42. The second-order valence-electron chi connectivity index (χ2n) is 6.59. The first-order chi connectivity index (χ1) is 12.2. The third-order valence-electron chi connectivity index (χ3n) is 5.15. The van der Waals surface area contributed by atoms with E-state index < -0.39 is 0 Å². The molecule has 1 N–H and O–H groups in total. The highest BCUT2D eigenvalue weighted by atomic mass is 16.5. The molecule has 0 spiro atoms. The topological polar surface area (TPSA) is 75.0 Å². The normalized spacial score (nSPS) is 20.0. The minimum atomic E-state index is -0.329. The lowest BCUT2D eigenvalue weighted by Crippen LogP contribution is -2.15. The molecule has 25 heavy (non-hydrogen) atoms. The lowest BCUT2D eigenvalue weighted by atomic mass is 9.89. The number of fused-ring (bicyclic) bond motifs is 5. The number of hydrogen-bond donors (Lipinski definition) is 1. The van der Waals surface area contributed by atoms with Crippen LogP contribution in [0.25, 0.3) is 0 Å². The van der Waals surface area contributed by atoms with Gasteiger partial charge in [0, 0.05) is 5.69 Å². The average molecular weight is 333 g/mol. The van der Waals surface area contributed by atoms with Gasteiger partial charge in [-0.2, -0.15) is 5.26 Å². The van der Waals surface area contributed by atoms with Gasteiger partial charge in [0.15, 0.2) is 5.69 Å². The summed E-state index contributed by atoms with van der Waals surface area (Å²) in [5.41, 5.74) is 5.15. The fraction of sp³-hybridized carbons (Fsp3) is 0.350. The maximum Gasteiger partial charge on any atom is 0.357 e. The Kier molecular flexibility index (Phi) is 3.89. The smallest absolute Gasteiger partial charge is 0.357 e. The number of ether oxygens (including phenoxy) is 1. The molecule has 5 heteroatoms. The molecule has 2 bridgehead atoms. The Morgan fingerprint density at radius 1 is 1.36 bits per heavy atom. The third-order valence-corrected chi connectivity index (χ3v) is 5.15. The van der Waals surface area contributed by atoms with Crippen LogP contribution in [0.2, 0.25) is 0 Å². The molecule has 1 aromatic carbocycles. The molecule has 0 amide bonds. The van der Waals surface area contributed by atoms with E-state index in [4.69, 9.17) is 10.00 Å². The number of pyridine rings is 1. The number of benzene rings is 1. The van der Waals surface area contributed by atoms with Crippen molar-refractivity contribution < 1.29 is 9.53 Å². The van der Waals surface area contributed by atoms with Crippen molar-refractivity contribution in [3.8, 4) is 6.07 Å². The molecule has 0 aliphatic heterocycles. The fourth-order valence-electron chi connectivity index (χ4n) is 4.18. The van der Waals surface area contributed by atoms with Crippen molar-refractivity contribution in [3.05, 3.63) is 52.8 Å². The molecule has 4 rings (SSSR count). The first-order valence-electron chi connectivity index (χ1n) is 8.68. The van der Waals surface area contributed by atoms with Gasteiger partial charge in [-0.25, -0.2) is 9.78 Å². The Morgan fingerprint density at radius 2 is 2.16 bits per heavy atom. The van der Waals surface area contributed by atoms with Crippen molar-refractivity contribution >= 4 is 17.3 Å². The summed E-state index contributed by atoms with van der Waals surface area (Å²) in [7, 11) is 0. The molecule has 2 aliphatic carbocycles. The van der Waals surface area contributed by atoms with Crippen LogP contribution in [0.3, 0.4) is 0 Å². The lowest BCUT2D eigenvalue weighted by Gasteiger charge is -2.21. The van der Waals surface area contributed by atoms with Gasteiger partial charge in [-0.05, 0) is 67.3 Å². The Labute approximate surface area is 146 Å². The van der Waals surface area contributed by atoms with Crippen LogP contribution in [-0.2, 0) is 4.74 Å². The number of hydrogen-bond acceptors (Lipinski definition) is 5. The summed E-state index contributed by atoms with van der Waals surface area (Å²) in [6.45, 7) is 2.16. The van der Waals surface area contributed by atoms with Crippen molar-refractivity contribution in [2.24, 2.45) is 0 Å². The second kappa shape index (κ2) is 6.21. The number of anilines is 2. The number of aromatic nitrogens is 1. The van der Waals surface area contributed by atoms with Gasteiger partial charge in [0.05, 0.1) is 30.1 Å². The number of nitrogens with one attached hydrogen (secondary N) is 1. The van der Waals surface area contributed by atoms with Crippen LogP contribution in [0, 0.1) is 11.3 Å². The van der Waals surface area contributed by atoms with Gasteiger partial charge in [0.1, 0.15) is 0 Å². The summed E-state index contributed by atoms with van der Waals surface area (Å²) in [5, 5.41) is 12.5. The van der Waals surface area contributed by atoms with E-state index in [-0.39, 0.29) is 5.97 Å². The van der Waals surface area contributed by atoms with Gasteiger partial charge in [0.25, 0.3) is 0 Å². The molecule has 1 aromatic heterocycles. The summed E-state index contributed by atoms with van der Waals surface area (Å²) >= 11 is 0. The van der Waals surface area contributed by atoms with E-state index in [1.54, 1.807) is 12.3 Å². The van der Waals surface area contributed by atoms with Crippen molar-refractivity contribution in [2.75, 3.05) is 11.9 Å². The molecule has 1 saturated carbocycles. The largest absolute Gasteiger partial charge is 0.461 e. The van der Waals surface area contributed by atoms with Crippen molar-refractivity contribution in [1.29, 1.82) is 5.26 Å². The maximum atomic E-state index is 12.3. The van der Waals surface area contributed by atoms with Gasteiger partial charge < -0.3 is 10.1 Å². The zero-order valence-corrected chi connectivity index (χ0v) is 14.1. The number of carbonyl (C=O) groups is 1. The number of nitriles is 1. The molecule has 1 fully saturated rings. The van der Waals surface area contributed by atoms with Gasteiger partial charge in [-0.3, -0.25) is 0 Å². The third kappa shape index (κ3) is 2.64. The minimum absolute atomic E-state index is 0.329. The number of nitrogens with zero attached hydrogens (tertiary/aromatic N) is 2. The Hall–Kier alpha value is -2.87. The molecule has 2 atom stereocenters. The summed E-state index contributed by atoms with van der Waals surface area (Å²) in [6, 6.07) is 9.53. The number of esters is 1. The fourth-order valence-corrected chi connectivity index (χ4v) is 4.18. The SMILES string of the molecule is CCOC(=O)c1ncc(Nc2cccc(C#N)c2)c2c1C1CCC2C1. The molecule has 2 unspecified atom stereocenters. The summed E-state index contributed by atoms with van der Waals surface area (Å²) in [6.07, 6.45) is 5.07. The standard InChI is InChI=1S/C20H19N3O2/c1-2-25-20(24)19-18-14-7-6-13(9-14)17(18)16(11-22-19)23-15-5-3-4-12(8-15)10-21/h3-5,8,11,13-14,23H,2,6-7,9H2,1H3. The van der Waals surface area contributed by atoms with Crippen LogP contribution in [0.4, 0.5) is 11.4 Å². The zero-order valence-electron chi connectivity index (χ0n) is 14.1. The zero-order chi connectivity index (χ0) is 17.4. The number of rotatable bonds is 4. The predicted octanol–water partition coefficient (Wildman–Crippen LogP) is 4.24.